The lowest BCUT2D eigenvalue weighted by Crippen LogP contribution is -2.28. The van der Waals surface area contributed by atoms with Crippen molar-refractivity contribution in [1.82, 2.24) is 4.98 Å². The van der Waals surface area contributed by atoms with Gasteiger partial charge in [-0.2, -0.15) is 0 Å². The van der Waals surface area contributed by atoms with Crippen molar-refractivity contribution in [3.8, 4) is 0 Å². The van der Waals surface area contributed by atoms with Gasteiger partial charge in [0.1, 0.15) is 5.15 Å². The fourth-order valence-electron chi connectivity index (χ4n) is 1.85. The number of hydrogen-bond acceptors (Lipinski definition) is 4. The van der Waals surface area contributed by atoms with Crippen LogP contribution in [0.25, 0.3) is 0 Å². The van der Waals surface area contributed by atoms with Crippen molar-refractivity contribution in [3.63, 3.8) is 0 Å². The van der Waals surface area contributed by atoms with Gasteiger partial charge in [0.2, 0.25) is 0 Å². The number of thiazole rings is 1. The SMILES string of the molecule is CC1(O)CCCN(c2nc(Cl)cs2)CC1. The molecular formula is C10H15ClN2OS. The van der Waals surface area contributed by atoms with E-state index in [1.54, 1.807) is 11.3 Å². The molecule has 84 valence electrons. The molecule has 1 N–H and O–H groups in total. The van der Waals surface area contributed by atoms with E-state index in [2.05, 4.69) is 9.88 Å². The average molecular weight is 247 g/mol. The Morgan fingerprint density at radius 1 is 1.53 bits per heavy atom. The van der Waals surface area contributed by atoms with Gasteiger partial charge in [0, 0.05) is 18.5 Å². The summed E-state index contributed by atoms with van der Waals surface area (Å²) in [6.45, 7) is 3.72. The van der Waals surface area contributed by atoms with Crippen LogP contribution in [0.3, 0.4) is 0 Å². The third kappa shape index (κ3) is 2.83. The molecule has 1 aliphatic rings. The van der Waals surface area contributed by atoms with E-state index in [1.165, 1.54) is 0 Å². The number of aliphatic hydroxyl groups is 1. The summed E-state index contributed by atoms with van der Waals surface area (Å²) in [7, 11) is 0. The predicted molar refractivity (Wildman–Crippen MR) is 63.8 cm³/mol. The monoisotopic (exact) mass is 246 g/mol. The number of halogens is 1. The minimum Gasteiger partial charge on any atom is -0.390 e. The Morgan fingerprint density at radius 3 is 3.00 bits per heavy atom. The zero-order valence-electron chi connectivity index (χ0n) is 8.74. The molecule has 0 saturated carbocycles. The average Bonchev–Trinajstić information content (AvgIpc) is 2.49. The lowest BCUT2D eigenvalue weighted by molar-refractivity contribution is 0.0481. The molecule has 1 aromatic heterocycles. The summed E-state index contributed by atoms with van der Waals surface area (Å²) in [4.78, 5) is 6.46. The molecule has 1 atom stereocenters. The van der Waals surface area contributed by atoms with Crippen molar-refractivity contribution >= 4 is 28.1 Å². The molecule has 1 aliphatic heterocycles. The van der Waals surface area contributed by atoms with Crippen LogP contribution in [0.5, 0.6) is 0 Å². The smallest absolute Gasteiger partial charge is 0.186 e. The van der Waals surface area contributed by atoms with Crippen LogP contribution in [-0.2, 0) is 0 Å². The molecule has 0 bridgehead atoms. The second-order valence-electron chi connectivity index (χ2n) is 4.29. The van der Waals surface area contributed by atoms with Crippen molar-refractivity contribution in [1.29, 1.82) is 0 Å². The van der Waals surface area contributed by atoms with E-state index in [9.17, 15) is 5.11 Å². The minimum atomic E-state index is -0.518. The van der Waals surface area contributed by atoms with E-state index in [-0.39, 0.29) is 0 Å². The molecule has 0 radical (unpaired) electrons. The number of aromatic nitrogens is 1. The third-order valence-electron chi connectivity index (χ3n) is 2.80. The largest absolute Gasteiger partial charge is 0.390 e. The third-order valence-corrected chi connectivity index (χ3v) is 4.02. The summed E-state index contributed by atoms with van der Waals surface area (Å²) in [6.07, 6.45) is 2.66. The summed E-state index contributed by atoms with van der Waals surface area (Å²) >= 11 is 7.37. The van der Waals surface area contributed by atoms with Crippen molar-refractivity contribution in [3.05, 3.63) is 10.5 Å². The molecule has 5 heteroatoms. The maximum absolute atomic E-state index is 9.95. The van der Waals surface area contributed by atoms with Gasteiger partial charge in [0.05, 0.1) is 5.60 Å². The zero-order valence-corrected chi connectivity index (χ0v) is 10.3. The molecule has 2 heterocycles. The maximum Gasteiger partial charge on any atom is 0.186 e. The Hall–Kier alpha value is -0.320. The standard InChI is InChI=1S/C10H15ClN2OS/c1-10(14)3-2-5-13(6-4-10)9-12-8(11)7-15-9/h7,14H,2-6H2,1H3. The summed E-state index contributed by atoms with van der Waals surface area (Å²) in [5.41, 5.74) is -0.518. The van der Waals surface area contributed by atoms with Crippen LogP contribution in [0.1, 0.15) is 26.2 Å². The molecular weight excluding hydrogens is 232 g/mol. The van der Waals surface area contributed by atoms with Crippen LogP contribution >= 0.6 is 22.9 Å². The highest BCUT2D eigenvalue weighted by Crippen LogP contribution is 2.28. The second-order valence-corrected chi connectivity index (χ2v) is 5.51. The molecule has 1 fully saturated rings. The van der Waals surface area contributed by atoms with Crippen LogP contribution in [0, 0.1) is 0 Å². The van der Waals surface area contributed by atoms with E-state index in [1.807, 2.05) is 12.3 Å². The summed E-state index contributed by atoms with van der Waals surface area (Å²) in [6, 6.07) is 0. The number of nitrogens with zero attached hydrogens (tertiary/aromatic N) is 2. The Morgan fingerprint density at radius 2 is 2.33 bits per heavy atom. The van der Waals surface area contributed by atoms with Gasteiger partial charge in [-0.15, -0.1) is 11.3 Å². The zero-order chi connectivity index (χ0) is 10.9. The van der Waals surface area contributed by atoms with E-state index in [4.69, 9.17) is 11.6 Å². The second kappa shape index (κ2) is 4.28. The topological polar surface area (TPSA) is 36.4 Å². The van der Waals surface area contributed by atoms with Crippen LogP contribution in [0.15, 0.2) is 5.38 Å². The van der Waals surface area contributed by atoms with Gasteiger partial charge in [-0.1, -0.05) is 11.6 Å². The van der Waals surface area contributed by atoms with Crippen molar-refractivity contribution in [2.24, 2.45) is 0 Å². The van der Waals surface area contributed by atoms with E-state index >= 15 is 0 Å². The van der Waals surface area contributed by atoms with Gasteiger partial charge in [0.25, 0.3) is 0 Å². The van der Waals surface area contributed by atoms with Crippen molar-refractivity contribution in [2.75, 3.05) is 18.0 Å². The van der Waals surface area contributed by atoms with Gasteiger partial charge in [-0.3, -0.25) is 0 Å². The highest BCUT2D eigenvalue weighted by atomic mass is 35.5. The van der Waals surface area contributed by atoms with Crippen molar-refractivity contribution in [2.45, 2.75) is 31.8 Å². The minimum absolute atomic E-state index is 0.518. The summed E-state index contributed by atoms with van der Waals surface area (Å²) < 4.78 is 0. The Labute approximate surface area is 98.7 Å². The van der Waals surface area contributed by atoms with Crippen LogP contribution in [0.4, 0.5) is 5.13 Å². The first kappa shape index (κ1) is 11.2. The highest BCUT2D eigenvalue weighted by Gasteiger charge is 2.25. The molecule has 1 unspecified atom stereocenters. The number of hydrogen-bond donors (Lipinski definition) is 1. The Bertz CT molecular complexity index is 340. The summed E-state index contributed by atoms with van der Waals surface area (Å²) in [5, 5.41) is 13.3. The lowest BCUT2D eigenvalue weighted by atomic mass is 9.98. The first-order valence-corrected chi connectivity index (χ1v) is 6.41. The van der Waals surface area contributed by atoms with Gasteiger partial charge in [0.15, 0.2) is 5.13 Å². The Kier molecular flexibility index (Phi) is 3.19. The van der Waals surface area contributed by atoms with Crippen LogP contribution < -0.4 is 4.90 Å². The molecule has 0 aliphatic carbocycles. The van der Waals surface area contributed by atoms with E-state index < -0.39 is 5.60 Å². The molecule has 15 heavy (non-hydrogen) atoms. The van der Waals surface area contributed by atoms with Crippen molar-refractivity contribution < 1.29 is 5.11 Å². The van der Waals surface area contributed by atoms with Gasteiger partial charge < -0.3 is 10.0 Å². The molecule has 1 saturated heterocycles. The molecule has 0 spiro atoms. The van der Waals surface area contributed by atoms with Gasteiger partial charge in [-0.05, 0) is 26.2 Å². The number of anilines is 1. The molecule has 3 nitrogen and oxygen atoms in total. The van der Waals surface area contributed by atoms with E-state index in [0.717, 1.165) is 37.5 Å². The van der Waals surface area contributed by atoms with Crippen LogP contribution in [-0.4, -0.2) is 28.8 Å². The fraction of sp³-hybridized carbons (Fsp3) is 0.700. The quantitative estimate of drug-likeness (QED) is 0.827. The fourth-order valence-corrected chi connectivity index (χ4v) is 2.85. The van der Waals surface area contributed by atoms with Gasteiger partial charge in [-0.25, -0.2) is 4.98 Å². The van der Waals surface area contributed by atoms with Crippen LogP contribution in [0.2, 0.25) is 5.15 Å². The maximum atomic E-state index is 9.95. The highest BCUT2D eigenvalue weighted by molar-refractivity contribution is 7.14. The summed E-state index contributed by atoms with van der Waals surface area (Å²) in [5.74, 6) is 0. The molecule has 0 aromatic carbocycles. The molecule has 2 rings (SSSR count). The van der Waals surface area contributed by atoms with Gasteiger partial charge >= 0.3 is 0 Å². The number of rotatable bonds is 1. The predicted octanol–water partition coefficient (Wildman–Crippen LogP) is 2.54. The molecule has 1 aromatic rings. The van der Waals surface area contributed by atoms with E-state index in [0.29, 0.717) is 5.15 Å². The normalized spacial score (nSPS) is 27.8. The Balaban J connectivity index is 2.05. The first-order valence-electron chi connectivity index (χ1n) is 5.15. The molecule has 0 amide bonds. The lowest BCUT2D eigenvalue weighted by Gasteiger charge is -2.21. The first-order chi connectivity index (χ1) is 7.07.